The molecule has 31 heavy (non-hydrogen) atoms. The van der Waals surface area contributed by atoms with Gasteiger partial charge in [-0.3, -0.25) is 4.79 Å². The Bertz CT molecular complexity index is 1360. The van der Waals surface area contributed by atoms with Gasteiger partial charge in [-0.1, -0.05) is 53.0 Å². The van der Waals surface area contributed by atoms with Gasteiger partial charge in [0.15, 0.2) is 0 Å². The van der Waals surface area contributed by atoms with Gasteiger partial charge in [-0.25, -0.2) is 4.68 Å². The fraction of sp³-hybridized carbons (Fsp3) is 0.0952. The molecule has 3 heterocycles. The molecule has 1 unspecified atom stereocenters. The zero-order chi connectivity index (χ0) is 22.1. The third-order valence-electron chi connectivity index (χ3n) is 5.56. The van der Waals surface area contributed by atoms with E-state index in [2.05, 4.69) is 21.8 Å². The second-order valence-electron chi connectivity index (χ2n) is 7.21. The van der Waals surface area contributed by atoms with Crippen LogP contribution in [0.1, 0.15) is 16.8 Å². The molecule has 10 heteroatoms. The monoisotopic (exact) mass is 470 g/mol. The summed E-state index contributed by atoms with van der Waals surface area (Å²) in [6.45, 7) is 1.75. The molecule has 1 spiro atoms. The van der Waals surface area contributed by atoms with Gasteiger partial charge in [-0.05, 0) is 25.1 Å². The minimum atomic E-state index is -1.45. The maximum absolute atomic E-state index is 13.5. The van der Waals surface area contributed by atoms with E-state index in [1.165, 1.54) is 4.68 Å². The van der Waals surface area contributed by atoms with Crippen LogP contribution in [-0.4, -0.2) is 15.7 Å². The first-order valence-corrected chi connectivity index (χ1v) is 10.3. The number of carbonyl (C=O) groups is 1. The first-order valence-electron chi connectivity index (χ1n) is 9.14. The Kier molecular flexibility index (Phi) is 4.25. The molecule has 2 aliphatic heterocycles. The minimum absolute atomic E-state index is 0.0456. The Labute approximate surface area is 192 Å². The minimum Gasteiger partial charge on any atom is -0.384 e. The van der Waals surface area contributed by atoms with Crippen LogP contribution in [0.3, 0.4) is 0 Å². The standard InChI is InChI=1S/C21H13Cl3N6O/c1-9-16-19(30(29-9)17-13(23)6-10(22)7-14(17)24)28-18(26)12(8-25)21(16)11-4-2-3-5-15(11)27-20(21)31/h2-7,28H,26H2,1H3,(H,27,31). The second-order valence-corrected chi connectivity index (χ2v) is 8.46. The number of hydrogen-bond donors (Lipinski definition) is 3. The van der Waals surface area contributed by atoms with Gasteiger partial charge in [0.25, 0.3) is 0 Å². The van der Waals surface area contributed by atoms with Crippen molar-refractivity contribution in [1.29, 1.82) is 5.26 Å². The molecular weight excluding hydrogens is 459 g/mol. The third-order valence-corrected chi connectivity index (χ3v) is 6.35. The number of halogens is 3. The van der Waals surface area contributed by atoms with E-state index < -0.39 is 5.41 Å². The molecule has 0 saturated heterocycles. The number of nitrogens with one attached hydrogen (secondary N) is 2. The van der Waals surface area contributed by atoms with Crippen LogP contribution < -0.4 is 16.4 Å². The molecule has 0 radical (unpaired) electrons. The van der Waals surface area contributed by atoms with Gasteiger partial charge >= 0.3 is 0 Å². The van der Waals surface area contributed by atoms with E-state index in [4.69, 9.17) is 40.5 Å². The van der Waals surface area contributed by atoms with Gasteiger partial charge in [0.05, 0.1) is 21.3 Å². The number of benzene rings is 2. The Morgan fingerprint density at radius 2 is 1.84 bits per heavy atom. The highest BCUT2D eigenvalue weighted by Crippen LogP contribution is 2.54. The number of nitrogens with two attached hydrogens (primary N) is 1. The summed E-state index contributed by atoms with van der Waals surface area (Å²) in [4.78, 5) is 13.5. The van der Waals surface area contributed by atoms with E-state index in [1.54, 1.807) is 37.3 Å². The number of hydrogen-bond acceptors (Lipinski definition) is 5. The summed E-state index contributed by atoms with van der Waals surface area (Å²) < 4.78 is 1.49. The maximum atomic E-state index is 13.5. The van der Waals surface area contributed by atoms with Crippen molar-refractivity contribution in [3.8, 4) is 11.8 Å². The highest BCUT2D eigenvalue weighted by molar-refractivity contribution is 6.40. The highest BCUT2D eigenvalue weighted by Gasteiger charge is 2.57. The molecule has 0 aliphatic carbocycles. The molecule has 0 bridgehead atoms. The molecular formula is C21H13Cl3N6O. The summed E-state index contributed by atoms with van der Waals surface area (Å²) in [6, 6.07) is 12.4. The van der Waals surface area contributed by atoms with Crippen molar-refractivity contribution in [2.45, 2.75) is 12.3 Å². The topological polar surface area (TPSA) is 109 Å². The van der Waals surface area contributed by atoms with E-state index in [-0.39, 0.29) is 27.3 Å². The zero-order valence-electron chi connectivity index (χ0n) is 15.9. The number of anilines is 2. The lowest BCUT2D eigenvalue weighted by Gasteiger charge is -2.33. The van der Waals surface area contributed by atoms with Crippen molar-refractivity contribution < 1.29 is 4.79 Å². The maximum Gasteiger partial charge on any atom is 0.245 e. The lowest BCUT2D eigenvalue weighted by atomic mass is 9.68. The summed E-state index contributed by atoms with van der Waals surface area (Å²) in [5.74, 6) is 0.0584. The number of aromatic nitrogens is 2. The summed E-state index contributed by atoms with van der Waals surface area (Å²) in [5.41, 5.74) is 7.53. The fourth-order valence-corrected chi connectivity index (χ4v) is 5.38. The zero-order valence-corrected chi connectivity index (χ0v) is 18.2. The number of rotatable bonds is 1. The Balaban J connectivity index is 1.90. The van der Waals surface area contributed by atoms with Crippen LogP contribution in [0.4, 0.5) is 11.5 Å². The molecule has 2 aliphatic rings. The quantitative estimate of drug-likeness (QED) is 0.484. The molecule has 154 valence electrons. The summed E-state index contributed by atoms with van der Waals surface area (Å²) in [6.07, 6.45) is 0. The molecule has 1 atom stereocenters. The summed E-state index contributed by atoms with van der Waals surface area (Å²) >= 11 is 18.9. The van der Waals surface area contributed by atoms with Gasteiger partial charge in [-0.2, -0.15) is 10.4 Å². The Morgan fingerprint density at radius 3 is 2.52 bits per heavy atom. The van der Waals surface area contributed by atoms with E-state index in [9.17, 15) is 10.1 Å². The first kappa shape index (κ1) is 19.8. The Morgan fingerprint density at radius 1 is 1.16 bits per heavy atom. The van der Waals surface area contributed by atoms with Gasteiger partial charge in [0, 0.05) is 21.8 Å². The molecule has 1 amide bonds. The van der Waals surface area contributed by atoms with Crippen LogP contribution in [-0.2, 0) is 10.2 Å². The van der Waals surface area contributed by atoms with Crippen molar-refractivity contribution in [3.63, 3.8) is 0 Å². The van der Waals surface area contributed by atoms with Gasteiger partial charge in [0.1, 0.15) is 28.8 Å². The van der Waals surface area contributed by atoms with Gasteiger partial charge < -0.3 is 16.4 Å². The largest absolute Gasteiger partial charge is 0.384 e. The predicted molar refractivity (Wildman–Crippen MR) is 120 cm³/mol. The average Bonchev–Trinajstić information content (AvgIpc) is 3.16. The number of amides is 1. The number of nitriles is 1. The normalized spacial score (nSPS) is 19.0. The lowest BCUT2D eigenvalue weighted by molar-refractivity contribution is -0.118. The second kappa shape index (κ2) is 6.66. The van der Waals surface area contributed by atoms with Crippen molar-refractivity contribution in [1.82, 2.24) is 9.78 Å². The van der Waals surface area contributed by atoms with E-state index >= 15 is 0 Å². The number of fused-ring (bicyclic) bond motifs is 4. The summed E-state index contributed by atoms with van der Waals surface area (Å²) in [7, 11) is 0. The van der Waals surface area contributed by atoms with E-state index in [0.717, 1.165) is 0 Å². The summed E-state index contributed by atoms with van der Waals surface area (Å²) in [5, 5.41) is 21.4. The van der Waals surface area contributed by atoms with Crippen molar-refractivity contribution in [3.05, 3.63) is 79.7 Å². The molecule has 2 aromatic carbocycles. The predicted octanol–water partition coefficient (Wildman–Crippen LogP) is 4.50. The fourth-order valence-electron chi connectivity index (χ4n) is 4.41. The van der Waals surface area contributed by atoms with Crippen LogP contribution >= 0.6 is 34.8 Å². The molecule has 5 rings (SSSR count). The van der Waals surface area contributed by atoms with Crippen LogP contribution in [0.5, 0.6) is 0 Å². The molecule has 0 saturated carbocycles. The van der Waals surface area contributed by atoms with Crippen molar-refractivity contribution in [2.75, 3.05) is 10.6 Å². The lowest BCUT2D eigenvalue weighted by Crippen LogP contribution is -2.43. The van der Waals surface area contributed by atoms with E-state index in [1.807, 2.05) is 6.07 Å². The van der Waals surface area contributed by atoms with Crippen molar-refractivity contribution >= 4 is 52.2 Å². The highest BCUT2D eigenvalue weighted by atomic mass is 35.5. The average molecular weight is 472 g/mol. The number of para-hydroxylation sites is 1. The first-order chi connectivity index (χ1) is 14.8. The molecule has 3 aromatic rings. The Hall–Kier alpha value is -3.18. The van der Waals surface area contributed by atoms with Crippen molar-refractivity contribution in [2.24, 2.45) is 5.73 Å². The van der Waals surface area contributed by atoms with Crippen LogP contribution in [0.15, 0.2) is 47.8 Å². The number of carbonyl (C=O) groups excluding carboxylic acids is 1. The SMILES string of the molecule is Cc1nn(-c2c(Cl)cc(Cl)cc2Cl)c2c1C1(C(=O)Nc3ccccc31)C(C#N)=C(N)N2. The molecule has 0 fully saturated rings. The van der Waals surface area contributed by atoms with Crippen LogP contribution in [0, 0.1) is 18.3 Å². The third kappa shape index (κ3) is 2.47. The van der Waals surface area contributed by atoms with Gasteiger partial charge in [-0.15, -0.1) is 0 Å². The van der Waals surface area contributed by atoms with Gasteiger partial charge in [0.2, 0.25) is 5.91 Å². The molecule has 4 N–H and O–H groups in total. The van der Waals surface area contributed by atoms with Crippen LogP contribution in [0.2, 0.25) is 15.1 Å². The number of aryl methyl sites for hydroxylation is 1. The van der Waals surface area contributed by atoms with E-state index in [0.29, 0.717) is 39.0 Å². The molecule has 1 aromatic heterocycles. The number of nitrogens with zero attached hydrogens (tertiary/aromatic N) is 3. The molecule has 7 nitrogen and oxygen atoms in total. The smallest absolute Gasteiger partial charge is 0.245 e. The van der Waals surface area contributed by atoms with Crippen LogP contribution in [0.25, 0.3) is 5.69 Å².